The molecule has 102 valence electrons. The quantitative estimate of drug-likeness (QED) is 0.869. The van der Waals surface area contributed by atoms with Crippen molar-refractivity contribution >= 4 is 11.3 Å². The molecular weight excluding hydrogens is 257 g/mol. The summed E-state index contributed by atoms with van der Waals surface area (Å²) in [5.41, 5.74) is 1.33. The molecule has 0 aliphatic rings. The molecule has 0 bridgehead atoms. The number of halogens is 1. The molecule has 2 rings (SSSR count). The summed E-state index contributed by atoms with van der Waals surface area (Å²) in [7, 11) is 0. The second kappa shape index (κ2) is 5.85. The van der Waals surface area contributed by atoms with Crippen LogP contribution in [-0.2, 0) is 18.5 Å². The van der Waals surface area contributed by atoms with Gasteiger partial charge in [0.15, 0.2) is 0 Å². The SMILES string of the molecule is CC(C)(C)c1ccc(CNCc2ccc(F)cc2)s1. The summed E-state index contributed by atoms with van der Waals surface area (Å²) in [5, 5.41) is 3.39. The number of hydrogen-bond acceptors (Lipinski definition) is 2. The standard InChI is InChI=1S/C16H20FNS/c1-16(2,3)15-9-8-14(19-15)11-18-10-12-4-6-13(17)7-5-12/h4-9,18H,10-11H2,1-3H3. The van der Waals surface area contributed by atoms with Crippen molar-refractivity contribution in [3.05, 3.63) is 57.5 Å². The van der Waals surface area contributed by atoms with E-state index in [2.05, 4.69) is 38.2 Å². The van der Waals surface area contributed by atoms with Crippen molar-refractivity contribution in [3.63, 3.8) is 0 Å². The molecule has 3 heteroatoms. The molecule has 0 saturated carbocycles. The van der Waals surface area contributed by atoms with Gasteiger partial charge in [0.05, 0.1) is 0 Å². The summed E-state index contributed by atoms with van der Waals surface area (Å²) in [6.07, 6.45) is 0. The normalized spacial score (nSPS) is 11.8. The average Bonchev–Trinajstić information content (AvgIpc) is 2.80. The van der Waals surface area contributed by atoms with Gasteiger partial charge in [0.2, 0.25) is 0 Å². The van der Waals surface area contributed by atoms with E-state index in [1.54, 1.807) is 0 Å². The predicted molar refractivity (Wildman–Crippen MR) is 80.0 cm³/mol. The lowest BCUT2D eigenvalue weighted by Crippen LogP contribution is -2.11. The highest BCUT2D eigenvalue weighted by Gasteiger charge is 2.15. The van der Waals surface area contributed by atoms with Gasteiger partial charge in [-0.2, -0.15) is 0 Å². The number of benzene rings is 1. The lowest BCUT2D eigenvalue weighted by Gasteiger charge is -2.15. The van der Waals surface area contributed by atoms with Crippen LogP contribution in [0.5, 0.6) is 0 Å². The first kappa shape index (κ1) is 14.2. The van der Waals surface area contributed by atoms with Crippen LogP contribution in [0.25, 0.3) is 0 Å². The fourth-order valence-electron chi connectivity index (χ4n) is 1.81. The number of hydrogen-bond donors (Lipinski definition) is 1. The van der Waals surface area contributed by atoms with E-state index in [1.807, 2.05) is 23.5 Å². The van der Waals surface area contributed by atoms with Crippen molar-refractivity contribution in [2.24, 2.45) is 0 Å². The van der Waals surface area contributed by atoms with Crippen LogP contribution < -0.4 is 5.32 Å². The summed E-state index contributed by atoms with van der Waals surface area (Å²) in [6.45, 7) is 8.32. The molecule has 1 N–H and O–H groups in total. The fourth-order valence-corrected chi connectivity index (χ4v) is 2.84. The zero-order valence-electron chi connectivity index (χ0n) is 11.7. The Bertz CT molecular complexity index is 522. The van der Waals surface area contributed by atoms with Gasteiger partial charge >= 0.3 is 0 Å². The summed E-state index contributed by atoms with van der Waals surface area (Å²) < 4.78 is 12.8. The maximum Gasteiger partial charge on any atom is 0.123 e. The van der Waals surface area contributed by atoms with Gasteiger partial charge in [0, 0.05) is 22.8 Å². The van der Waals surface area contributed by atoms with Crippen molar-refractivity contribution in [3.8, 4) is 0 Å². The molecule has 19 heavy (non-hydrogen) atoms. The van der Waals surface area contributed by atoms with Crippen LogP contribution in [0.3, 0.4) is 0 Å². The summed E-state index contributed by atoms with van der Waals surface area (Å²) in [6, 6.07) is 11.0. The fraction of sp³-hybridized carbons (Fsp3) is 0.375. The second-order valence-corrected chi connectivity index (χ2v) is 6.91. The van der Waals surface area contributed by atoms with Gasteiger partial charge in [-0.3, -0.25) is 0 Å². The van der Waals surface area contributed by atoms with E-state index in [9.17, 15) is 4.39 Å². The molecule has 1 nitrogen and oxygen atoms in total. The minimum absolute atomic E-state index is 0.183. The van der Waals surface area contributed by atoms with Gasteiger partial charge < -0.3 is 5.32 Å². The van der Waals surface area contributed by atoms with Gasteiger partial charge in [-0.25, -0.2) is 4.39 Å². The number of nitrogens with one attached hydrogen (secondary N) is 1. The molecule has 0 saturated heterocycles. The largest absolute Gasteiger partial charge is 0.308 e. The third kappa shape index (κ3) is 4.15. The van der Waals surface area contributed by atoms with Crippen LogP contribution >= 0.6 is 11.3 Å². The van der Waals surface area contributed by atoms with E-state index < -0.39 is 0 Å². The zero-order valence-corrected chi connectivity index (χ0v) is 12.5. The highest BCUT2D eigenvalue weighted by atomic mass is 32.1. The topological polar surface area (TPSA) is 12.0 Å². The van der Waals surface area contributed by atoms with Crippen molar-refractivity contribution in [1.82, 2.24) is 5.32 Å². The molecular formula is C16H20FNS. The Morgan fingerprint density at radius 2 is 1.68 bits per heavy atom. The first-order chi connectivity index (χ1) is 8.95. The Hall–Kier alpha value is -1.19. The maximum absolute atomic E-state index is 12.8. The van der Waals surface area contributed by atoms with Crippen molar-refractivity contribution < 1.29 is 4.39 Å². The average molecular weight is 277 g/mol. The number of thiophene rings is 1. The molecule has 0 radical (unpaired) electrons. The molecule has 0 atom stereocenters. The minimum atomic E-state index is -0.183. The third-order valence-electron chi connectivity index (χ3n) is 2.94. The molecule has 0 unspecified atom stereocenters. The molecule has 0 aliphatic heterocycles. The predicted octanol–water partition coefficient (Wildman–Crippen LogP) is 4.47. The van der Waals surface area contributed by atoms with E-state index in [4.69, 9.17) is 0 Å². The van der Waals surface area contributed by atoms with E-state index >= 15 is 0 Å². The maximum atomic E-state index is 12.8. The van der Waals surface area contributed by atoms with E-state index in [-0.39, 0.29) is 11.2 Å². The molecule has 0 fully saturated rings. The minimum Gasteiger partial charge on any atom is -0.308 e. The summed E-state index contributed by atoms with van der Waals surface area (Å²) in [4.78, 5) is 2.75. The number of rotatable bonds is 4. The van der Waals surface area contributed by atoms with Crippen LogP contribution in [-0.4, -0.2) is 0 Å². The van der Waals surface area contributed by atoms with E-state index in [0.29, 0.717) is 0 Å². The van der Waals surface area contributed by atoms with Crippen LogP contribution in [0, 0.1) is 5.82 Å². The van der Waals surface area contributed by atoms with Crippen LogP contribution in [0.2, 0.25) is 0 Å². The second-order valence-electron chi connectivity index (χ2n) is 5.75. The van der Waals surface area contributed by atoms with Crippen LogP contribution in [0.15, 0.2) is 36.4 Å². The lowest BCUT2D eigenvalue weighted by molar-refractivity contribution is 0.604. The summed E-state index contributed by atoms with van der Waals surface area (Å²) >= 11 is 1.85. The first-order valence-corrected chi connectivity index (χ1v) is 7.31. The molecule has 0 amide bonds. The van der Waals surface area contributed by atoms with Crippen LogP contribution in [0.1, 0.15) is 36.1 Å². The molecule has 1 aromatic carbocycles. The van der Waals surface area contributed by atoms with Crippen molar-refractivity contribution in [1.29, 1.82) is 0 Å². The smallest absolute Gasteiger partial charge is 0.123 e. The zero-order chi connectivity index (χ0) is 13.9. The molecule has 0 aliphatic carbocycles. The Morgan fingerprint density at radius 1 is 1.00 bits per heavy atom. The lowest BCUT2D eigenvalue weighted by atomic mass is 9.95. The van der Waals surface area contributed by atoms with Gasteiger partial charge in [0.1, 0.15) is 5.82 Å². The van der Waals surface area contributed by atoms with Gasteiger partial charge in [-0.15, -0.1) is 11.3 Å². The summed E-state index contributed by atoms with van der Waals surface area (Å²) in [5.74, 6) is -0.183. The monoisotopic (exact) mass is 277 g/mol. The third-order valence-corrected chi connectivity index (χ3v) is 4.45. The van der Waals surface area contributed by atoms with Gasteiger partial charge in [0.25, 0.3) is 0 Å². The van der Waals surface area contributed by atoms with E-state index in [0.717, 1.165) is 18.7 Å². The highest BCUT2D eigenvalue weighted by Crippen LogP contribution is 2.29. The van der Waals surface area contributed by atoms with Crippen molar-refractivity contribution in [2.75, 3.05) is 0 Å². The first-order valence-electron chi connectivity index (χ1n) is 6.49. The van der Waals surface area contributed by atoms with E-state index in [1.165, 1.54) is 21.9 Å². The Morgan fingerprint density at radius 3 is 2.26 bits per heavy atom. The van der Waals surface area contributed by atoms with Gasteiger partial charge in [-0.05, 0) is 35.2 Å². The molecule has 0 spiro atoms. The molecule has 1 aromatic heterocycles. The molecule has 1 heterocycles. The highest BCUT2D eigenvalue weighted by molar-refractivity contribution is 7.12. The Kier molecular flexibility index (Phi) is 4.38. The molecule has 2 aromatic rings. The Labute approximate surface area is 118 Å². The van der Waals surface area contributed by atoms with Gasteiger partial charge in [-0.1, -0.05) is 32.9 Å². The van der Waals surface area contributed by atoms with Crippen LogP contribution in [0.4, 0.5) is 4.39 Å². The van der Waals surface area contributed by atoms with Crippen molar-refractivity contribution in [2.45, 2.75) is 39.3 Å². The Balaban J connectivity index is 1.86.